The van der Waals surface area contributed by atoms with E-state index in [1.165, 1.54) is 48.1 Å². The highest BCUT2D eigenvalue weighted by Crippen LogP contribution is 2.41. The first-order chi connectivity index (χ1) is 9.72. The molecule has 106 valence electrons. The fourth-order valence-electron chi connectivity index (χ4n) is 3.69. The number of nitrogens with zero attached hydrogens (tertiary/aromatic N) is 3. The van der Waals surface area contributed by atoms with Crippen LogP contribution >= 0.6 is 11.3 Å². The maximum absolute atomic E-state index is 4.83. The van der Waals surface area contributed by atoms with Crippen molar-refractivity contribution < 1.29 is 0 Å². The lowest BCUT2D eigenvalue weighted by Crippen LogP contribution is -2.35. The number of fused-ring (bicyclic) bond motifs is 3. The molecule has 4 rings (SSSR count). The van der Waals surface area contributed by atoms with Gasteiger partial charge in [0.25, 0.3) is 0 Å². The summed E-state index contributed by atoms with van der Waals surface area (Å²) in [7, 11) is 0. The average Bonchev–Trinajstić information content (AvgIpc) is 2.97. The summed E-state index contributed by atoms with van der Waals surface area (Å²) in [6, 6.07) is 0. The third-order valence-corrected chi connectivity index (χ3v) is 5.80. The first-order valence-corrected chi connectivity index (χ1v) is 8.58. The number of aryl methyl sites for hydroxylation is 3. The summed E-state index contributed by atoms with van der Waals surface area (Å²) < 4.78 is 0. The second kappa shape index (κ2) is 4.69. The molecular weight excluding hydrogens is 266 g/mol. The van der Waals surface area contributed by atoms with E-state index in [1.807, 2.05) is 18.3 Å². The summed E-state index contributed by atoms with van der Waals surface area (Å²) in [6.45, 7) is 6.69. The third kappa shape index (κ3) is 1.93. The van der Waals surface area contributed by atoms with Gasteiger partial charge in [0.1, 0.15) is 16.5 Å². The molecule has 1 aliphatic carbocycles. The summed E-state index contributed by atoms with van der Waals surface area (Å²) in [5.74, 6) is 2.92. The minimum Gasteiger partial charge on any atom is -0.356 e. The topological polar surface area (TPSA) is 29.0 Å². The van der Waals surface area contributed by atoms with Gasteiger partial charge in [-0.15, -0.1) is 11.3 Å². The zero-order valence-electron chi connectivity index (χ0n) is 12.3. The quantitative estimate of drug-likeness (QED) is 0.800. The van der Waals surface area contributed by atoms with Crippen molar-refractivity contribution in [3.05, 3.63) is 16.3 Å². The highest BCUT2D eigenvalue weighted by molar-refractivity contribution is 7.19. The van der Waals surface area contributed by atoms with Gasteiger partial charge >= 0.3 is 0 Å². The van der Waals surface area contributed by atoms with Crippen molar-refractivity contribution in [3.63, 3.8) is 0 Å². The van der Waals surface area contributed by atoms with Crippen LogP contribution in [0.15, 0.2) is 0 Å². The van der Waals surface area contributed by atoms with Gasteiger partial charge in [0.15, 0.2) is 0 Å². The van der Waals surface area contributed by atoms with Gasteiger partial charge in [0.05, 0.1) is 5.39 Å². The van der Waals surface area contributed by atoms with Gasteiger partial charge in [-0.25, -0.2) is 9.97 Å². The Kier molecular flexibility index (Phi) is 2.95. The highest BCUT2D eigenvalue weighted by Gasteiger charge is 2.26. The Balaban J connectivity index is 1.88. The Bertz CT molecular complexity index is 661. The van der Waals surface area contributed by atoms with Crippen LogP contribution in [0.3, 0.4) is 0 Å². The molecule has 2 aromatic rings. The molecule has 1 atom stereocenters. The summed E-state index contributed by atoms with van der Waals surface area (Å²) in [5, 5.41) is 1.38. The molecule has 3 nitrogen and oxygen atoms in total. The Morgan fingerprint density at radius 3 is 2.95 bits per heavy atom. The van der Waals surface area contributed by atoms with E-state index in [4.69, 9.17) is 9.97 Å². The molecule has 20 heavy (non-hydrogen) atoms. The van der Waals surface area contributed by atoms with Crippen molar-refractivity contribution in [2.45, 2.75) is 46.0 Å². The maximum atomic E-state index is 4.83. The molecule has 3 heterocycles. The van der Waals surface area contributed by atoms with Gasteiger partial charge in [0.2, 0.25) is 0 Å². The van der Waals surface area contributed by atoms with E-state index in [1.54, 1.807) is 10.4 Å². The summed E-state index contributed by atoms with van der Waals surface area (Å²) in [4.78, 5) is 14.8. The lowest BCUT2D eigenvalue weighted by atomic mass is 10.00. The number of hydrogen-bond donors (Lipinski definition) is 0. The largest absolute Gasteiger partial charge is 0.356 e. The van der Waals surface area contributed by atoms with Gasteiger partial charge < -0.3 is 4.90 Å². The van der Waals surface area contributed by atoms with Gasteiger partial charge in [-0.05, 0) is 50.5 Å². The van der Waals surface area contributed by atoms with Crippen LogP contribution in [0.5, 0.6) is 0 Å². The van der Waals surface area contributed by atoms with E-state index < -0.39 is 0 Å². The van der Waals surface area contributed by atoms with E-state index in [0.717, 1.165) is 24.8 Å². The number of aromatic nitrogens is 2. The van der Waals surface area contributed by atoms with Crippen molar-refractivity contribution in [2.75, 3.05) is 18.0 Å². The Labute approximate surface area is 124 Å². The van der Waals surface area contributed by atoms with Crippen LogP contribution in [-0.2, 0) is 12.8 Å². The Morgan fingerprint density at radius 1 is 1.20 bits per heavy atom. The van der Waals surface area contributed by atoms with E-state index in [9.17, 15) is 0 Å². The highest BCUT2D eigenvalue weighted by atomic mass is 32.1. The number of thiophene rings is 1. The van der Waals surface area contributed by atoms with Crippen LogP contribution in [-0.4, -0.2) is 23.1 Å². The van der Waals surface area contributed by atoms with Gasteiger partial charge in [-0.1, -0.05) is 6.92 Å². The van der Waals surface area contributed by atoms with Crippen LogP contribution in [0, 0.1) is 12.8 Å². The van der Waals surface area contributed by atoms with Crippen LogP contribution < -0.4 is 4.90 Å². The van der Waals surface area contributed by atoms with Crippen LogP contribution in [0.25, 0.3) is 10.2 Å². The van der Waals surface area contributed by atoms with Gasteiger partial charge in [0, 0.05) is 18.0 Å². The molecular formula is C16H21N3S. The molecule has 1 fully saturated rings. The molecule has 0 bridgehead atoms. The zero-order valence-corrected chi connectivity index (χ0v) is 13.1. The smallest absolute Gasteiger partial charge is 0.141 e. The van der Waals surface area contributed by atoms with Crippen LogP contribution in [0.4, 0.5) is 5.82 Å². The molecule has 2 aliphatic rings. The molecule has 1 aliphatic heterocycles. The zero-order chi connectivity index (χ0) is 13.7. The fraction of sp³-hybridized carbons (Fsp3) is 0.625. The van der Waals surface area contributed by atoms with Crippen molar-refractivity contribution in [2.24, 2.45) is 5.92 Å². The predicted octanol–water partition coefficient (Wildman–Crippen LogP) is 3.72. The van der Waals surface area contributed by atoms with Crippen LogP contribution in [0.2, 0.25) is 0 Å². The Hall–Kier alpha value is -1.16. The third-order valence-electron chi connectivity index (χ3n) is 4.61. The first-order valence-electron chi connectivity index (χ1n) is 7.76. The number of hydrogen-bond acceptors (Lipinski definition) is 4. The molecule has 1 saturated heterocycles. The first kappa shape index (κ1) is 12.6. The van der Waals surface area contributed by atoms with E-state index in [0.29, 0.717) is 0 Å². The maximum Gasteiger partial charge on any atom is 0.141 e. The minimum absolute atomic E-state index is 0.778. The number of anilines is 1. The van der Waals surface area contributed by atoms with E-state index in [2.05, 4.69) is 11.8 Å². The number of rotatable bonds is 1. The van der Waals surface area contributed by atoms with Crippen molar-refractivity contribution in [3.8, 4) is 0 Å². The molecule has 0 aromatic carbocycles. The molecule has 0 N–H and O–H groups in total. The summed E-state index contributed by atoms with van der Waals surface area (Å²) in [6.07, 6.45) is 6.41. The molecule has 2 aromatic heterocycles. The SMILES string of the molecule is Cc1nc(N2CCC[C@H](C)C2)c2c3c(sc2n1)CCC3. The van der Waals surface area contributed by atoms with Gasteiger partial charge in [-0.3, -0.25) is 0 Å². The predicted molar refractivity (Wildman–Crippen MR) is 84.8 cm³/mol. The van der Waals surface area contributed by atoms with Crippen molar-refractivity contribution in [1.82, 2.24) is 9.97 Å². The Morgan fingerprint density at radius 2 is 2.10 bits per heavy atom. The molecule has 4 heteroatoms. The second-order valence-corrected chi connectivity index (χ2v) is 7.41. The normalized spacial score (nSPS) is 22.5. The monoisotopic (exact) mass is 287 g/mol. The average molecular weight is 287 g/mol. The summed E-state index contributed by atoms with van der Waals surface area (Å²) in [5.41, 5.74) is 1.55. The second-order valence-electron chi connectivity index (χ2n) is 6.33. The van der Waals surface area contributed by atoms with E-state index >= 15 is 0 Å². The molecule has 0 spiro atoms. The molecule has 0 amide bonds. The minimum atomic E-state index is 0.778. The van der Waals surface area contributed by atoms with Crippen LogP contribution in [0.1, 0.15) is 42.5 Å². The molecule has 0 radical (unpaired) electrons. The van der Waals surface area contributed by atoms with Crippen molar-refractivity contribution >= 4 is 27.4 Å². The number of piperidine rings is 1. The molecule has 0 saturated carbocycles. The lowest BCUT2D eigenvalue weighted by molar-refractivity contribution is 0.445. The molecule has 0 unspecified atom stereocenters. The summed E-state index contributed by atoms with van der Waals surface area (Å²) >= 11 is 1.90. The lowest BCUT2D eigenvalue weighted by Gasteiger charge is -2.32. The van der Waals surface area contributed by atoms with Gasteiger partial charge in [-0.2, -0.15) is 0 Å². The fourth-order valence-corrected chi connectivity index (χ4v) is 4.99. The van der Waals surface area contributed by atoms with Crippen molar-refractivity contribution in [1.29, 1.82) is 0 Å². The standard InChI is InChI=1S/C16H21N3S/c1-10-5-4-8-19(9-10)15-14-12-6-3-7-13(12)20-16(14)18-11(2)17-15/h10H,3-9H2,1-2H3/t10-/m0/s1. The van der Waals surface area contributed by atoms with E-state index in [-0.39, 0.29) is 0 Å².